The van der Waals surface area contributed by atoms with Crippen molar-refractivity contribution in [1.82, 2.24) is 5.32 Å². The van der Waals surface area contributed by atoms with Crippen molar-refractivity contribution in [3.8, 4) is 0 Å². The lowest BCUT2D eigenvalue weighted by molar-refractivity contribution is 0.0678. The third kappa shape index (κ3) is 2.23. The van der Waals surface area contributed by atoms with Gasteiger partial charge in [0.2, 0.25) is 0 Å². The number of hydrogen-bond donors (Lipinski definition) is 1. The molecule has 13 heavy (non-hydrogen) atoms. The Kier molecular flexibility index (Phi) is 3.23. The van der Waals surface area contributed by atoms with Crippen LogP contribution in [0.3, 0.4) is 0 Å². The van der Waals surface area contributed by atoms with Crippen LogP contribution in [0.4, 0.5) is 0 Å². The number of rotatable bonds is 4. The maximum atomic E-state index is 5.71. The van der Waals surface area contributed by atoms with E-state index in [1.54, 1.807) is 0 Å². The smallest absolute Gasteiger partial charge is 0.0728 e. The Hall–Kier alpha value is -0.0800. The lowest BCUT2D eigenvalue weighted by atomic mass is 9.91. The highest BCUT2D eigenvalue weighted by atomic mass is 16.5. The minimum Gasteiger partial charge on any atom is -0.377 e. The van der Waals surface area contributed by atoms with Gasteiger partial charge >= 0.3 is 0 Å². The summed E-state index contributed by atoms with van der Waals surface area (Å²) < 4.78 is 5.71. The van der Waals surface area contributed by atoms with E-state index in [9.17, 15) is 0 Å². The normalized spacial score (nSPS) is 31.6. The molecule has 0 aromatic heterocycles. The second kappa shape index (κ2) is 4.43. The van der Waals surface area contributed by atoms with Crippen LogP contribution in [0.2, 0.25) is 0 Å². The molecule has 0 radical (unpaired) electrons. The van der Waals surface area contributed by atoms with Gasteiger partial charge in [-0.1, -0.05) is 13.3 Å². The van der Waals surface area contributed by atoms with E-state index in [4.69, 9.17) is 4.74 Å². The van der Waals surface area contributed by atoms with Gasteiger partial charge in [0.15, 0.2) is 0 Å². The average Bonchev–Trinajstić information content (AvgIpc) is 2.55. The van der Waals surface area contributed by atoms with Gasteiger partial charge in [0, 0.05) is 18.7 Å². The van der Waals surface area contributed by atoms with Crippen molar-refractivity contribution in [2.75, 3.05) is 6.61 Å². The minimum atomic E-state index is 0.505. The highest BCUT2D eigenvalue weighted by molar-refractivity contribution is 4.86. The van der Waals surface area contributed by atoms with Crippen LogP contribution in [0, 0.1) is 0 Å². The number of hydrogen-bond acceptors (Lipinski definition) is 2. The van der Waals surface area contributed by atoms with Crippen molar-refractivity contribution in [3.63, 3.8) is 0 Å². The van der Waals surface area contributed by atoms with Crippen LogP contribution >= 0.6 is 0 Å². The first-order chi connectivity index (χ1) is 6.40. The molecule has 1 aliphatic carbocycles. The fraction of sp³-hybridized carbons (Fsp3) is 1.00. The van der Waals surface area contributed by atoms with Crippen LogP contribution in [0.15, 0.2) is 0 Å². The van der Waals surface area contributed by atoms with Crippen molar-refractivity contribution in [2.24, 2.45) is 0 Å². The molecule has 1 saturated heterocycles. The van der Waals surface area contributed by atoms with E-state index in [1.807, 2.05) is 0 Å². The molecular weight excluding hydrogens is 162 g/mol. The van der Waals surface area contributed by atoms with Crippen molar-refractivity contribution in [2.45, 2.75) is 63.6 Å². The van der Waals surface area contributed by atoms with Gasteiger partial charge in [-0.15, -0.1) is 0 Å². The molecule has 1 heterocycles. The molecular formula is C11H21NO. The molecule has 2 aliphatic rings. The molecule has 1 saturated carbocycles. The van der Waals surface area contributed by atoms with E-state index in [1.165, 1.54) is 38.5 Å². The van der Waals surface area contributed by atoms with Crippen LogP contribution in [0.1, 0.15) is 45.4 Å². The summed E-state index contributed by atoms with van der Waals surface area (Å²) in [5.41, 5.74) is 0. The maximum absolute atomic E-state index is 5.71. The molecule has 2 nitrogen and oxygen atoms in total. The SMILES string of the molecule is CCC(NC1CCC1)C1CCCO1. The van der Waals surface area contributed by atoms with E-state index in [0.717, 1.165) is 12.6 Å². The van der Waals surface area contributed by atoms with Gasteiger partial charge < -0.3 is 10.1 Å². The van der Waals surface area contributed by atoms with Gasteiger partial charge in [-0.2, -0.15) is 0 Å². The van der Waals surface area contributed by atoms with E-state index in [2.05, 4.69) is 12.2 Å². The van der Waals surface area contributed by atoms with Gasteiger partial charge in [-0.3, -0.25) is 0 Å². The molecule has 2 heteroatoms. The number of ether oxygens (including phenoxy) is 1. The van der Waals surface area contributed by atoms with Gasteiger partial charge in [0.1, 0.15) is 0 Å². The Morgan fingerprint density at radius 3 is 2.62 bits per heavy atom. The first-order valence-electron chi connectivity index (χ1n) is 5.78. The predicted octanol–water partition coefficient (Wildman–Crippen LogP) is 2.09. The predicted molar refractivity (Wildman–Crippen MR) is 53.8 cm³/mol. The summed E-state index contributed by atoms with van der Waals surface area (Å²) in [5.74, 6) is 0. The van der Waals surface area contributed by atoms with Crippen LogP contribution < -0.4 is 5.32 Å². The van der Waals surface area contributed by atoms with Gasteiger partial charge in [-0.25, -0.2) is 0 Å². The summed E-state index contributed by atoms with van der Waals surface area (Å²) in [6.45, 7) is 3.24. The molecule has 0 amide bonds. The van der Waals surface area contributed by atoms with Gasteiger partial charge in [-0.05, 0) is 32.1 Å². The summed E-state index contributed by atoms with van der Waals surface area (Å²) in [6, 6.07) is 1.42. The van der Waals surface area contributed by atoms with Crippen molar-refractivity contribution in [1.29, 1.82) is 0 Å². The third-order valence-electron chi connectivity index (χ3n) is 3.41. The molecule has 1 N–H and O–H groups in total. The second-order valence-corrected chi connectivity index (χ2v) is 4.36. The van der Waals surface area contributed by atoms with E-state index in [0.29, 0.717) is 12.1 Å². The van der Waals surface area contributed by atoms with Crippen LogP contribution in [0.5, 0.6) is 0 Å². The minimum absolute atomic E-state index is 0.505. The molecule has 2 unspecified atom stereocenters. The maximum Gasteiger partial charge on any atom is 0.0728 e. The third-order valence-corrected chi connectivity index (χ3v) is 3.41. The molecule has 76 valence electrons. The molecule has 0 aromatic carbocycles. The Labute approximate surface area is 81.0 Å². The Balaban J connectivity index is 1.77. The largest absolute Gasteiger partial charge is 0.377 e. The Bertz CT molecular complexity index is 150. The topological polar surface area (TPSA) is 21.3 Å². The highest BCUT2D eigenvalue weighted by Gasteiger charge is 2.28. The summed E-state index contributed by atoms with van der Waals surface area (Å²) in [5, 5.41) is 3.72. The zero-order valence-electron chi connectivity index (χ0n) is 8.59. The number of nitrogens with one attached hydrogen (secondary N) is 1. The Morgan fingerprint density at radius 2 is 2.15 bits per heavy atom. The van der Waals surface area contributed by atoms with Gasteiger partial charge in [0.25, 0.3) is 0 Å². The van der Waals surface area contributed by atoms with Crippen molar-refractivity contribution >= 4 is 0 Å². The first-order valence-corrected chi connectivity index (χ1v) is 5.78. The monoisotopic (exact) mass is 183 g/mol. The van der Waals surface area contributed by atoms with Crippen LogP contribution in [0.25, 0.3) is 0 Å². The average molecular weight is 183 g/mol. The zero-order valence-corrected chi connectivity index (χ0v) is 8.59. The van der Waals surface area contributed by atoms with E-state index >= 15 is 0 Å². The molecule has 2 fully saturated rings. The standard InChI is InChI=1S/C11H21NO/c1-2-10(11-7-4-8-13-11)12-9-5-3-6-9/h9-12H,2-8H2,1H3. The summed E-state index contributed by atoms with van der Waals surface area (Å²) >= 11 is 0. The quantitative estimate of drug-likeness (QED) is 0.720. The van der Waals surface area contributed by atoms with Gasteiger partial charge in [0.05, 0.1) is 6.10 Å². The molecule has 0 aromatic rings. The lowest BCUT2D eigenvalue weighted by Gasteiger charge is -2.33. The van der Waals surface area contributed by atoms with Crippen LogP contribution in [-0.2, 0) is 4.74 Å². The van der Waals surface area contributed by atoms with Crippen LogP contribution in [-0.4, -0.2) is 24.8 Å². The van der Waals surface area contributed by atoms with Crippen molar-refractivity contribution in [3.05, 3.63) is 0 Å². The summed E-state index contributed by atoms with van der Waals surface area (Å²) in [4.78, 5) is 0. The van der Waals surface area contributed by atoms with E-state index < -0.39 is 0 Å². The zero-order chi connectivity index (χ0) is 9.10. The molecule has 0 spiro atoms. The Morgan fingerprint density at radius 1 is 1.31 bits per heavy atom. The summed E-state index contributed by atoms with van der Waals surface area (Å²) in [7, 11) is 0. The summed E-state index contributed by atoms with van der Waals surface area (Å²) in [6.07, 6.45) is 8.41. The second-order valence-electron chi connectivity index (χ2n) is 4.36. The lowest BCUT2D eigenvalue weighted by Crippen LogP contribution is -2.47. The fourth-order valence-electron chi connectivity index (χ4n) is 2.29. The first kappa shape index (κ1) is 9.47. The highest BCUT2D eigenvalue weighted by Crippen LogP contribution is 2.23. The fourth-order valence-corrected chi connectivity index (χ4v) is 2.29. The van der Waals surface area contributed by atoms with E-state index in [-0.39, 0.29) is 0 Å². The molecule has 2 rings (SSSR count). The molecule has 2 atom stereocenters. The molecule has 1 aliphatic heterocycles. The molecule has 0 bridgehead atoms. The van der Waals surface area contributed by atoms with Crippen molar-refractivity contribution < 1.29 is 4.74 Å².